The van der Waals surface area contributed by atoms with E-state index >= 15 is 0 Å². The number of benzene rings is 1. The number of nitrogens with one attached hydrogen (secondary N) is 2. The molecule has 1 saturated carbocycles. The molecule has 2 aliphatic heterocycles. The summed E-state index contributed by atoms with van der Waals surface area (Å²) >= 11 is 0. The first-order valence-electron chi connectivity index (χ1n) is 9.47. The van der Waals surface area contributed by atoms with Crippen molar-refractivity contribution in [2.45, 2.75) is 45.2 Å². The molecule has 0 aromatic heterocycles. The first kappa shape index (κ1) is 21.5. The molecule has 4 rings (SSSR count). The van der Waals surface area contributed by atoms with Crippen molar-refractivity contribution in [2.24, 2.45) is 11.3 Å². The molecule has 1 amide bonds. The summed E-state index contributed by atoms with van der Waals surface area (Å²) in [6.45, 7) is 7.26. The van der Waals surface area contributed by atoms with Crippen LogP contribution in [0.1, 0.15) is 37.3 Å². The lowest BCUT2D eigenvalue weighted by Gasteiger charge is -2.34. The number of carbonyl (C=O) groups is 1. The summed E-state index contributed by atoms with van der Waals surface area (Å²) < 4.78 is 0. The maximum Gasteiger partial charge on any atom is 0.223 e. The summed E-state index contributed by atoms with van der Waals surface area (Å²) in [5.74, 6) is 0.565. The van der Waals surface area contributed by atoms with Crippen LogP contribution in [0, 0.1) is 11.3 Å². The average Bonchev–Trinajstić information content (AvgIpc) is 3.32. The van der Waals surface area contributed by atoms with Crippen LogP contribution in [0.2, 0.25) is 0 Å². The van der Waals surface area contributed by atoms with Crippen LogP contribution in [0.25, 0.3) is 0 Å². The molecule has 1 saturated heterocycles. The maximum atomic E-state index is 12.5. The van der Waals surface area contributed by atoms with Crippen molar-refractivity contribution in [1.29, 1.82) is 0 Å². The molecule has 3 aliphatic rings. The molecule has 2 atom stereocenters. The van der Waals surface area contributed by atoms with Crippen molar-refractivity contribution in [3.05, 3.63) is 35.4 Å². The Hall–Kier alpha value is -0.810. The van der Waals surface area contributed by atoms with E-state index in [9.17, 15) is 4.79 Å². The average molecular weight is 400 g/mol. The minimum absolute atomic E-state index is 0. The molecule has 4 nitrogen and oxygen atoms in total. The third-order valence-electron chi connectivity index (χ3n) is 6.46. The molecule has 1 aliphatic carbocycles. The number of piperidine rings is 1. The van der Waals surface area contributed by atoms with Gasteiger partial charge in [-0.15, -0.1) is 24.8 Å². The summed E-state index contributed by atoms with van der Waals surface area (Å²) in [6.07, 6.45) is 4.56. The van der Waals surface area contributed by atoms with E-state index in [-0.39, 0.29) is 30.7 Å². The van der Waals surface area contributed by atoms with Gasteiger partial charge in [-0.1, -0.05) is 24.3 Å². The van der Waals surface area contributed by atoms with E-state index in [2.05, 4.69) is 46.7 Å². The zero-order valence-electron chi connectivity index (χ0n) is 15.5. The third-order valence-corrected chi connectivity index (χ3v) is 6.46. The Bertz CT molecular complexity index is 619. The fraction of sp³-hybridized carbons (Fsp3) is 0.650. The monoisotopic (exact) mass is 399 g/mol. The minimum Gasteiger partial charge on any atom is -0.354 e. The van der Waals surface area contributed by atoms with Crippen LogP contribution in [0.5, 0.6) is 0 Å². The van der Waals surface area contributed by atoms with E-state index in [0.29, 0.717) is 17.4 Å². The zero-order chi connectivity index (χ0) is 16.6. The van der Waals surface area contributed by atoms with Gasteiger partial charge in [0.05, 0.1) is 0 Å². The van der Waals surface area contributed by atoms with E-state index < -0.39 is 0 Å². The number of hydrogen-bond donors (Lipinski definition) is 2. The summed E-state index contributed by atoms with van der Waals surface area (Å²) in [7, 11) is 0. The minimum atomic E-state index is 0. The van der Waals surface area contributed by atoms with Crippen molar-refractivity contribution in [3.8, 4) is 0 Å². The number of fused-ring (bicyclic) bond motifs is 1. The fourth-order valence-corrected chi connectivity index (χ4v) is 4.59. The van der Waals surface area contributed by atoms with E-state index in [1.54, 1.807) is 0 Å². The van der Waals surface area contributed by atoms with E-state index in [0.717, 1.165) is 45.6 Å². The molecule has 2 fully saturated rings. The summed E-state index contributed by atoms with van der Waals surface area (Å²) in [5.41, 5.74) is 3.26. The lowest BCUT2D eigenvalue weighted by molar-refractivity contribution is -0.123. The van der Waals surface area contributed by atoms with Gasteiger partial charge in [-0.2, -0.15) is 0 Å². The first-order chi connectivity index (χ1) is 11.7. The van der Waals surface area contributed by atoms with Crippen LogP contribution >= 0.6 is 24.8 Å². The number of nitrogens with zero attached hydrogens (tertiary/aromatic N) is 1. The van der Waals surface area contributed by atoms with E-state index in [1.165, 1.54) is 24.0 Å². The lowest BCUT2D eigenvalue weighted by atomic mass is 9.92. The molecule has 0 bridgehead atoms. The SMILES string of the molecule is CC(CNC(=O)C1CC12CCNCC2)N1CCc2ccccc2C1.Cl.Cl. The van der Waals surface area contributed by atoms with Crippen molar-refractivity contribution < 1.29 is 4.79 Å². The van der Waals surface area contributed by atoms with Crippen LogP contribution in [0.4, 0.5) is 0 Å². The normalized spacial score (nSPS) is 24.6. The fourth-order valence-electron chi connectivity index (χ4n) is 4.59. The zero-order valence-corrected chi connectivity index (χ0v) is 17.1. The Labute approximate surface area is 169 Å². The van der Waals surface area contributed by atoms with Crippen molar-refractivity contribution in [3.63, 3.8) is 0 Å². The van der Waals surface area contributed by atoms with Crippen LogP contribution in [0.3, 0.4) is 0 Å². The topological polar surface area (TPSA) is 44.4 Å². The Kier molecular flexibility index (Phi) is 7.37. The number of amides is 1. The molecule has 2 unspecified atom stereocenters. The van der Waals surface area contributed by atoms with Crippen molar-refractivity contribution in [1.82, 2.24) is 15.5 Å². The van der Waals surface area contributed by atoms with E-state index in [4.69, 9.17) is 0 Å². The Morgan fingerprint density at radius 2 is 1.96 bits per heavy atom. The quantitative estimate of drug-likeness (QED) is 0.817. The first-order valence-corrected chi connectivity index (χ1v) is 9.47. The van der Waals surface area contributed by atoms with Gasteiger partial charge in [0.15, 0.2) is 0 Å². The lowest BCUT2D eigenvalue weighted by Crippen LogP contribution is -2.45. The number of hydrogen-bond acceptors (Lipinski definition) is 3. The van der Waals surface area contributed by atoms with E-state index in [1.807, 2.05) is 0 Å². The molecular formula is C20H31Cl2N3O. The van der Waals surface area contributed by atoms with Crippen LogP contribution in [-0.2, 0) is 17.8 Å². The molecule has 2 N–H and O–H groups in total. The summed E-state index contributed by atoms with van der Waals surface area (Å²) in [6, 6.07) is 9.12. The molecule has 1 spiro atoms. The van der Waals surface area contributed by atoms with Gasteiger partial charge in [0.25, 0.3) is 0 Å². The maximum absolute atomic E-state index is 12.5. The van der Waals surface area contributed by atoms with Crippen molar-refractivity contribution >= 4 is 30.7 Å². The van der Waals surface area contributed by atoms with Gasteiger partial charge in [0.1, 0.15) is 0 Å². The van der Waals surface area contributed by atoms with Crippen LogP contribution in [-0.4, -0.2) is 43.0 Å². The second kappa shape index (κ2) is 8.92. The Morgan fingerprint density at radius 3 is 2.69 bits per heavy atom. The van der Waals surface area contributed by atoms with Gasteiger partial charge in [0, 0.05) is 31.6 Å². The highest BCUT2D eigenvalue weighted by atomic mass is 35.5. The number of rotatable bonds is 4. The summed E-state index contributed by atoms with van der Waals surface area (Å²) in [5, 5.41) is 6.64. The molecule has 1 aromatic rings. The highest BCUT2D eigenvalue weighted by Gasteiger charge is 2.57. The van der Waals surface area contributed by atoms with Gasteiger partial charge in [0.2, 0.25) is 5.91 Å². The smallest absolute Gasteiger partial charge is 0.223 e. The van der Waals surface area contributed by atoms with Gasteiger partial charge >= 0.3 is 0 Å². The van der Waals surface area contributed by atoms with Gasteiger partial charge in [-0.3, -0.25) is 9.69 Å². The Balaban J connectivity index is 0.00000121. The van der Waals surface area contributed by atoms with Crippen LogP contribution < -0.4 is 10.6 Å². The molecule has 146 valence electrons. The molecule has 26 heavy (non-hydrogen) atoms. The Morgan fingerprint density at radius 1 is 1.27 bits per heavy atom. The largest absolute Gasteiger partial charge is 0.354 e. The van der Waals surface area contributed by atoms with Gasteiger partial charge < -0.3 is 10.6 Å². The number of carbonyl (C=O) groups excluding carboxylic acids is 1. The molecular weight excluding hydrogens is 369 g/mol. The summed E-state index contributed by atoms with van der Waals surface area (Å²) in [4.78, 5) is 15.0. The van der Waals surface area contributed by atoms with Crippen molar-refractivity contribution in [2.75, 3.05) is 26.2 Å². The predicted octanol–water partition coefficient (Wildman–Crippen LogP) is 2.78. The van der Waals surface area contributed by atoms with Gasteiger partial charge in [-0.25, -0.2) is 0 Å². The molecule has 0 radical (unpaired) electrons. The third kappa shape index (κ3) is 4.36. The number of halogens is 2. The highest BCUT2D eigenvalue weighted by Crippen LogP contribution is 2.58. The second-order valence-electron chi connectivity index (χ2n) is 7.95. The standard InChI is InChI=1S/C20H29N3O.2ClH/c1-15(23-11-6-16-4-2-3-5-17(16)14-23)13-22-19(24)18-12-20(18)7-9-21-10-8-20;;/h2-5,15,18,21H,6-14H2,1H3,(H,22,24);2*1H. The molecule has 2 heterocycles. The highest BCUT2D eigenvalue weighted by molar-refractivity contribution is 5.85. The second-order valence-corrected chi connectivity index (χ2v) is 7.95. The molecule has 1 aromatic carbocycles. The van der Waals surface area contributed by atoms with Gasteiger partial charge in [-0.05, 0) is 62.2 Å². The molecule has 6 heteroatoms. The van der Waals surface area contributed by atoms with Crippen LogP contribution in [0.15, 0.2) is 24.3 Å². The predicted molar refractivity (Wildman–Crippen MR) is 110 cm³/mol.